The lowest BCUT2D eigenvalue weighted by molar-refractivity contribution is -0.133. The quantitative estimate of drug-likeness (QED) is 0.689. The first kappa shape index (κ1) is 20.4. The Morgan fingerprint density at radius 3 is 2.61 bits per heavy atom. The maximum absolute atomic E-state index is 12.9. The van der Waals surface area contributed by atoms with Crippen molar-refractivity contribution in [3.8, 4) is 0 Å². The van der Waals surface area contributed by atoms with E-state index in [0.717, 1.165) is 23.3 Å². The van der Waals surface area contributed by atoms with Gasteiger partial charge in [-0.05, 0) is 67.1 Å². The molecule has 28 heavy (non-hydrogen) atoms. The Bertz CT molecular complexity index is 839. The first-order valence-corrected chi connectivity index (χ1v) is 10.6. The van der Waals surface area contributed by atoms with Crippen molar-refractivity contribution in [2.24, 2.45) is 0 Å². The second-order valence-electron chi connectivity index (χ2n) is 6.88. The van der Waals surface area contributed by atoms with E-state index in [2.05, 4.69) is 23.5 Å². The van der Waals surface area contributed by atoms with Gasteiger partial charge in [-0.25, -0.2) is 4.39 Å². The fourth-order valence-electron chi connectivity index (χ4n) is 3.28. The van der Waals surface area contributed by atoms with Gasteiger partial charge in [0.1, 0.15) is 5.82 Å². The topological polar surface area (TPSA) is 49.4 Å². The maximum Gasteiger partial charge on any atom is 0.239 e. The maximum atomic E-state index is 12.9. The molecule has 0 saturated carbocycles. The summed E-state index contributed by atoms with van der Waals surface area (Å²) in [4.78, 5) is 27.3. The molecule has 148 valence electrons. The van der Waals surface area contributed by atoms with Crippen molar-refractivity contribution in [2.75, 3.05) is 18.8 Å². The summed E-state index contributed by atoms with van der Waals surface area (Å²) in [6.07, 6.45) is 3.47. The number of likely N-dealkylation sites (N-methyl/N-ethyl adjacent to an activating group) is 1. The third kappa shape index (κ3) is 5.58. The Kier molecular flexibility index (Phi) is 7.09. The van der Waals surface area contributed by atoms with Crippen LogP contribution in [0.5, 0.6) is 0 Å². The van der Waals surface area contributed by atoms with Gasteiger partial charge in [0.15, 0.2) is 0 Å². The number of carbonyl (C=O) groups is 2. The Labute approximate surface area is 169 Å². The Morgan fingerprint density at radius 1 is 1.11 bits per heavy atom. The minimum absolute atomic E-state index is 0.0290. The van der Waals surface area contributed by atoms with E-state index in [1.54, 1.807) is 17.0 Å². The van der Waals surface area contributed by atoms with E-state index in [9.17, 15) is 14.0 Å². The highest BCUT2D eigenvalue weighted by Crippen LogP contribution is 2.27. The molecule has 4 nitrogen and oxygen atoms in total. The highest BCUT2D eigenvalue weighted by atomic mass is 32.2. The van der Waals surface area contributed by atoms with Gasteiger partial charge in [-0.2, -0.15) is 0 Å². The summed E-state index contributed by atoms with van der Waals surface area (Å²) < 4.78 is 12.9. The van der Waals surface area contributed by atoms with Crippen molar-refractivity contribution in [1.29, 1.82) is 0 Å². The van der Waals surface area contributed by atoms with E-state index < -0.39 is 0 Å². The highest BCUT2D eigenvalue weighted by molar-refractivity contribution is 8.00. The van der Waals surface area contributed by atoms with Gasteiger partial charge < -0.3 is 10.2 Å². The van der Waals surface area contributed by atoms with Crippen LogP contribution < -0.4 is 5.32 Å². The molecule has 6 heteroatoms. The number of fused-ring (bicyclic) bond motifs is 1. The van der Waals surface area contributed by atoms with Crippen LogP contribution in [0.15, 0.2) is 47.4 Å². The highest BCUT2D eigenvalue weighted by Gasteiger charge is 2.17. The molecule has 0 aromatic heterocycles. The number of hydrogen-bond donors (Lipinski definition) is 1. The summed E-state index contributed by atoms with van der Waals surface area (Å²) in [7, 11) is 0. The molecule has 0 heterocycles. The number of rotatable bonds is 8. The zero-order valence-electron chi connectivity index (χ0n) is 16.0. The van der Waals surface area contributed by atoms with Gasteiger partial charge in [-0.1, -0.05) is 18.2 Å². The Hall–Kier alpha value is -2.34. The number of benzene rings is 2. The van der Waals surface area contributed by atoms with Gasteiger partial charge in [0.05, 0.1) is 12.3 Å². The van der Waals surface area contributed by atoms with Crippen molar-refractivity contribution in [3.05, 3.63) is 65.0 Å². The number of hydrogen-bond acceptors (Lipinski definition) is 3. The summed E-state index contributed by atoms with van der Waals surface area (Å²) in [5, 5.41) is 2.78. The van der Waals surface area contributed by atoms with E-state index in [1.165, 1.54) is 41.4 Å². The molecular weight excluding hydrogens is 375 g/mol. The van der Waals surface area contributed by atoms with Crippen LogP contribution in [0.4, 0.5) is 4.39 Å². The largest absolute Gasteiger partial charge is 0.350 e. The molecule has 0 fully saturated rings. The third-order valence-corrected chi connectivity index (χ3v) is 5.88. The monoisotopic (exact) mass is 400 g/mol. The zero-order valence-corrected chi connectivity index (χ0v) is 16.9. The fourth-order valence-corrected chi connectivity index (χ4v) is 4.15. The van der Waals surface area contributed by atoms with Gasteiger partial charge in [-0.3, -0.25) is 9.59 Å². The van der Waals surface area contributed by atoms with Crippen LogP contribution in [0.1, 0.15) is 30.0 Å². The summed E-state index contributed by atoms with van der Waals surface area (Å²) in [6, 6.07) is 12.4. The average Bonchev–Trinajstić information content (AvgIpc) is 3.17. The standard InChI is InChI=1S/C22H25FN2O2S/c1-2-25(14-21(26)24-13-16-6-9-19(23)10-7-16)22(27)15-28-20-11-8-17-4-3-5-18(17)12-20/h6-12H,2-5,13-15H2,1H3,(H,24,26). The lowest BCUT2D eigenvalue weighted by atomic mass is 10.1. The predicted octanol–water partition coefficient (Wildman–Crippen LogP) is 3.57. The van der Waals surface area contributed by atoms with Gasteiger partial charge in [0, 0.05) is 18.0 Å². The second-order valence-corrected chi connectivity index (χ2v) is 7.93. The lowest BCUT2D eigenvalue weighted by Gasteiger charge is -2.20. The molecule has 0 bridgehead atoms. The van der Waals surface area contributed by atoms with Crippen LogP contribution in [0.2, 0.25) is 0 Å². The molecule has 1 N–H and O–H groups in total. The number of nitrogens with one attached hydrogen (secondary N) is 1. The van der Waals surface area contributed by atoms with Crippen molar-refractivity contribution >= 4 is 23.6 Å². The molecule has 2 aromatic carbocycles. The number of thioether (sulfide) groups is 1. The molecule has 0 aliphatic heterocycles. The summed E-state index contributed by atoms with van der Waals surface area (Å²) in [6.45, 7) is 2.69. The van der Waals surface area contributed by atoms with Crippen molar-refractivity contribution in [1.82, 2.24) is 10.2 Å². The van der Waals surface area contributed by atoms with Crippen LogP contribution in [-0.4, -0.2) is 35.6 Å². The predicted molar refractivity (Wildman–Crippen MR) is 110 cm³/mol. The van der Waals surface area contributed by atoms with E-state index in [0.29, 0.717) is 18.8 Å². The lowest BCUT2D eigenvalue weighted by Crippen LogP contribution is -2.41. The minimum atomic E-state index is -0.307. The zero-order chi connectivity index (χ0) is 19.9. The molecule has 0 saturated heterocycles. The first-order chi connectivity index (χ1) is 13.5. The average molecular weight is 401 g/mol. The van der Waals surface area contributed by atoms with E-state index in [4.69, 9.17) is 0 Å². The van der Waals surface area contributed by atoms with E-state index in [-0.39, 0.29) is 24.2 Å². The Morgan fingerprint density at radius 2 is 1.86 bits per heavy atom. The molecule has 1 aliphatic rings. The van der Waals surface area contributed by atoms with Gasteiger partial charge in [0.2, 0.25) is 11.8 Å². The van der Waals surface area contributed by atoms with Crippen LogP contribution in [0.3, 0.4) is 0 Å². The fraction of sp³-hybridized carbons (Fsp3) is 0.364. The summed E-state index contributed by atoms with van der Waals surface area (Å²) in [5.74, 6) is -0.261. The molecule has 2 aromatic rings. The Balaban J connectivity index is 1.46. The van der Waals surface area contributed by atoms with Crippen LogP contribution in [0.25, 0.3) is 0 Å². The van der Waals surface area contributed by atoms with Gasteiger partial charge in [0.25, 0.3) is 0 Å². The van der Waals surface area contributed by atoms with Crippen LogP contribution >= 0.6 is 11.8 Å². The molecule has 0 radical (unpaired) electrons. The van der Waals surface area contributed by atoms with Crippen LogP contribution in [0, 0.1) is 5.82 Å². The summed E-state index contributed by atoms with van der Waals surface area (Å²) >= 11 is 1.52. The number of amides is 2. The smallest absolute Gasteiger partial charge is 0.239 e. The third-order valence-electron chi connectivity index (χ3n) is 4.90. The molecule has 0 unspecified atom stereocenters. The number of carbonyl (C=O) groups excluding carboxylic acids is 2. The normalized spacial score (nSPS) is 12.5. The first-order valence-electron chi connectivity index (χ1n) is 9.58. The molecule has 0 atom stereocenters. The van der Waals surface area contributed by atoms with E-state index >= 15 is 0 Å². The molecular formula is C22H25FN2O2S. The number of aryl methyl sites for hydroxylation is 2. The summed E-state index contributed by atoms with van der Waals surface area (Å²) in [5.41, 5.74) is 3.63. The van der Waals surface area contributed by atoms with E-state index in [1.807, 2.05) is 6.92 Å². The van der Waals surface area contributed by atoms with Crippen molar-refractivity contribution in [2.45, 2.75) is 37.6 Å². The molecule has 2 amide bonds. The second kappa shape index (κ2) is 9.73. The number of nitrogens with zero attached hydrogens (tertiary/aromatic N) is 1. The SMILES string of the molecule is CCN(CC(=O)NCc1ccc(F)cc1)C(=O)CSc1ccc2c(c1)CCC2. The molecule has 0 spiro atoms. The molecule has 1 aliphatic carbocycles. The van der Waals surface area contributed by atoms with Gasteiger partial charge >= 0.3 is 0 Å². The van der Waals surface area contributed by atoms with Crippen LogP contribution in [-0.2, 0) is 29.0 Å². The minimum Gasteiger partial charge on any atom is -0.350 e. The number of halogens is 1. The van der Waals surface area contributed by atoms with Crippen molar-refractivity contribution < 1.29 is 14.0 Å². The molecule has 3 rings (SSSR count). The van der Waals surface area contributed by atoms with Gasteiger partial charge in [-0.15, -0.1) is 11.8 Å². The van der Waals surface area contributed by atoms with Crippen molar-refractivity contribution in [3.63, 3.8) is 0 Å².